The Balaban J connectivity index is 2.05. The molecule has 1 N–H and O–H groups in total. The van der Waals surface area contributed by atoms with E-state index in [1.54, 1.807) is 25.3 Å². The van der Waals surface area contributed by atoms with Gasteiger partial charge < -0.3 is 19.5 Å². The molecule has 5 heteroatoms. The first-order chi connectivity index (χ1) is 11.6. The fourth-order valence-electron chi connectivity index (χ4n) is 2.42. The summed E-state index contributed by atoms with van der Waals surface area (Å²) in [4.78, 5) is 12.2. The molecule has 0 bridgehead atoms. The Labute approximate surface area is 142 Å². The van der Waals surface area contributed by atoms with E-state index in [1.165, 1.54) is 7.11 Å². The van der Waals surface area contributed by atoms with E-state index >= 15 is 0 Å². The van der Waals surface area contributed by atoms with Crippen molar-refractivity contribution in [3.63, 3.8) is 0 Å². The van der Waals surface area contributed by atoms with Crippen LogP contribution in [0.1, 0.15) is 25.3 Å². The zero-order chi connectivity index (χ0) is 17.5. The molecular weight excluding hydrogens is 306 g/mol. The molecule has 0 heterocycles. The predicted molar refractivity (Wildman–Crippen MR) is 94.2 cm³/mol. The summed E-state index contributed by atoms with van der Waals surface area (Å²) in [6, 6.07) is 13.0. The molecule has 5 nitrogen and oxygen atoms in total. The zero-order valence-electron chi connectivity index (χ0n) is 14.5. The molecule has 0 radical (unpaired) electrons. The van der Waals surface area contributed by atoms with Gasteiger partial charge in [0.2, 0.25) is 5.75 Å². The average molecular weight is 329 g/mol. The van der Waals surface area contributed by atoms with Crippen LogP contribution < -0.4 is 19.5 Å². The van der Waals surface area contributed by atoms with Crippen molar-refractivity contribution in [2.75, 3.05) is 26.1 Å². The molecule has 0 atom stereocenters. The largest absolute Gasteiger partial charge is 0.493 e. The number of anilines is 1. The third-order valence-corrected chi connectivity index (χ3v) is 3.58. The van der Waals surface area contributed by atoms with Crippen LogP contribution in [-0.2, 0) is 4.79 Å². The summed E-state index contributed by atoms with van der Waals surface area (Å²) >= 11 is 0. The highest BCUT2D eigenvalue weighted by Gasteiger charge is 2.13. The molecule has 2 aromatic rings. The Bertz CT molecular complexity index is 698. The summed E-state index contributed by atoms with van der Waals surface area (Å²) in [7, 11) is 3.08. The quantitative estimate of drug-likeness (QED) is 0.838. The third kappa shape index (κ3) is 4.19. The molecule has 0 spiro atoms. The molecule has 2 aromatic carbocycles. The van der Waals surface area contributed by atoms with Crippen molar-refractivity contribution in [1.82, 2.24) is 0 Å². The summed E-state index contributed by atoms with van der Waals surface area (Å²) in [5, 5.41) is 2.89. The van der Waals surface area contributed by atoms with Crippen LogP contribution in [0.2, 0.25) is 0 Å². The lowest BCUT2D eigenvalue weighted by Crippen LogP contribution is -2.21. The number of hydrogen-bond acceptors (Lipinski definition) is 4. The van der Waals surface area contributed by atoms with Crippen molar-refractivity contribution < 1.29 is 19.0 Å². The number of rotatable bonds is 7. The first-order valence-electron chi connectivity index (χ1n) is 7.79. The number of ether oxygens (including phenoxy) is 3. The van der Waals surface area contributed by atoms with E-state index in [0.29, 0.717) is 23.2 Å². The molecule has 0 fully saturated rings. The maximum absolute atomic E-state index is 12.2. The van der Waals surface area contributed by atoms with Crippen LogP contribution in [0.5, 0.6) is 17.2 Å². The van der Waals surface area contributed by atoms with E-state index in [4.69, 9.17) is 14.2 Å². The van der Waals surface area contributed by atoms with Gasteiger partial charge in [0.05, 0.1) is 14.2 Å². The Morgan fingerprint density at radius 2 is 1.71 bits per heavy atom. The third-order valence-electron chi connectivity index (χ3n) is 3.58. The molecule has 24 heavy (non-hydrogen) atoms. The van der Waals surface area contributed by atoms with Crippen molar-refractivity contribution in [3.05, 3.63) is 48.0 Å². The smallest absolute Gasteiger partial charge is 0.262 e. The van der Waals surface area contributed by atoms with Gasteiger partial charge >= 0.3 is 0 Å². The first-order valence-corrected chi connectivity index (χ1v) is 7.79. The summed E-state index contributed by atoms with van der Waals surface area (Å²) < 4.78 is 16.1. The van der Waals surface area contributed by atoms with Crippen LogP contribution >= 0.6 is 0 Å². The highest BCUT2D eigenvalue weighted by atomic mass is 16.5. The summed E-state index contributed by atoms with van der Waals surface area (Å²) in [6.07, 6.45) is 0. The fraction of sp³-hybridized carbons (Fsp3) is 0.316. The second-order valence-electron chi connectivity index (χ2n) is 5.57. The topological polar surface area (TPSA) is 56.8 Å². The number of benzene rings is 2. The normalized spacial score (nSPS) is 10.4. The Kier molecular flexibility index (Phi) is 6.07. The van der Waals surface area contributed by atoms with Crippen LogP contribution in [0.4, 0.5) is 5.69 Å². The molecule has 0 aliphatic heterocycles. The van der Waals surface area contributed by atoms with Crippen LogP contribution in [0, 0.1) is 0 Å². The summed E-state index contributed by atoms with van der Waals surface area (Å²) in [6.45, 7) is 4.06. The lowest BCUT2D eigenvalue weighted by atomic mass is 10.0. The second kappa shape index (κ2) is 8.24. The molecule has 0 unspecified atom stereocenters. The van der Waals surface area contributed by atoms with Gasteiger partial charge in [-0.1, -0.05) is 38.1 Å². The van der Waals surface area contributed by atoms with Gasteiger partial charge in [0, 0.05) is 5.69 Å². The number of carbonyl (C=O) groups excluding carboxylic acids is 1. The van der Waals surface area contributed by atoms with E-state index in [9.17, 15) is 4.79 Å². The van der Waals surface area contributed by atoms with E-state index in [2.05, 4.69) is 19.2 Å². The van der Waals surface area contributed by atoms with E-state index in [0.717, 1.165) is 11.3 Å². The number of hydrogen-bond donors (Lipinski definition) is 1. The molecule has 1 amide bonds. The van der Waals surface area contributed by atoms with Gasteiger partial charge in [-0.3, -0.25) is 4.79 Å². The van der Waals surface area contributed by atoms with Crippen LogP contribution in [-0.4, -0.2) is 26.7 Å². The minimum absolute atomic E-state index is 0.115. The number of amides is 1. The number of para-hydroxylation sites is 2. The molecule has 128 valence electrons. The second-order valence-corrected chi connectivity index (χ2v) is 5.57. The Hall–Kier alpha value is -2.69. The van der Waals surface area contributed by atoms with E-state index in [1.807, 2.05) is 24.3 Å². The molecule has 0 aromatic heterocycles. The Morgan fingerprint density at radius 3 is 2.38 bits per heavy atom. The minimum atomic E-state index is -0.229. The van der Waals surface area contributed by atoms with Gasteiger partial charge in [-0.2, -0.15) is 0 Å². The molecule has 0 aliphatic rings. The SMILES string of the molecule is COc1cccc(OCC(=O)Nc2ccccc2C(C)C)c1OC. The van der Waals surface area contributed by atoms with Crippen molar-refractivity contribution in [3.8, 4) is 17.2 Å². The van der Waals surface area contributed by atoms with E-state index < -0.39 is 0 Å². The molecule has 0 saturated carbocycles. The monoisotopic (exact) mass is 329 g/mol. The molecule has 0 aliphatic carbocycles. The highest BCUT2D eigenvalue weighted by Crippen LogP contribution is 2.36. The Morgan fingerprint density at radius 1 is 1.00 bits per heavy atom. The number of methoxy groups -OCH3 is 2. The van der Waals surface area contributed by atoms with Gasteiger partial charge in [-0.25, -0.2) is 0 Å². The molecule has 0 saturated heterocycles. The van der Waals surface area contributed by atoms with Crippen LogP contribution in [0.15, 0.2) is 42.5 Å². The highest BCUT2D eigenvalue weighted by molar-refractivity contribution is 5.92. The molecular formula is C19H23NO4. The maximum atomic E-state index is 12.2. The van der Waals surface area contributed by atoms with Gasteiger partial charge in [-0.15, -0.1) is 0 Å². The van der Waals surface area contributed by atoms with Crippen molar-refractivity contribution in [2.45, 2.75) is 19.8 Å². The van der Waals surface area contributed by atoms with Gasteiger partial charge in [0.15, 0.2) is 18.1 Å². The predicted octanol–water partition coefficient (Wildman–Crippen LogP) is 3.84. The van der Waals surface area contributed by atoms with Crippen molar-refractivity contribution >= 4 is 11.6 Å². The number of nitrogens with one attached hydrogen (secondary N) is 1. The minimum Gasteiger partial charge on any atom is -0.493 e. The summed E-state index contributed by atoms with van der Waals surface area (Å²) in [5.41, 5.74) is 1.89. The van der Waals surface area contributed by atoms with E-state index in [-0.39, 0.29) is 12.5 Å². The molecule has 2 rings (SSSR count). The van der Waals surface area contributed by atoms with Crippen molar-refractivity contribution in [2.24, 2.45) is 0 Å². The summed E-state index contributed by atoms with van der Waals surface area (Å²) in [5.74, 6) is 1.58. The van der Waals surface area contributed by atoms with Crippen molar-refractivity contribution in [1.29, 1.82) is 0 Å². The van der Waals surface area contributed by atoms with Gasteiger partial charge in [0.1, 0.15) is 0 Å². The average Bonchev–Trinajstić information content (AvgIpc) is 2.59. The zero-order valence-corrected chi connectivity index (χ0v) is 14.5. The maximum Gasteiger partial charge on any atom is 0.262 e. The van der Waals surface area contributed by atoms with Crippen LogP contribution in [0.3, 0.4) is 0 Å². The van der Waals surface area contributed by atoms with Gasteiger partial charge in [0.25, 0.3) is 5.91 Å². The number of carbonyl (C=O) groups is 1. The lowest BCUT2D eigenvalue weighted by Gasteiger charge is -2.15. The van der Waals surface area contributed by atoms with Gasteiger partial charge in [-0.05, 0) is 29.7 Å². The fourth-order valence-corrected chi connectivity index (χ4v) is 2.42. The standard InChI is InChI=1S/C19H23NO4/c1-13(2)14-8-5-6-9-15(14)20-18(21)12-24-17-11-7-10-16(22-3)19(17)23-4/h5-11,13H,12H2,1-4H3,(H,20,21). The first kappa shape index (κ1) is 17.7. The van der Waals surface area contributed by atoms with Crippen LogP contribution in [0.25, 0.3) is 0 Å². The lowest BCUT2D eigenvalue weighted by molar-refractivity contribution is -0.118.